The molecule has 0 saturated heterocycles. The number of nitrogens with two attached hydrogens (primary N) is 1. The summed E-state index contributed by atoms with van der Waals surface area (Å²) >= 11 is 6.27. The van der Waals surface area contributed by atoms with Crippen LogP contribution in [0.25, 0.3) is 5.69 Å². The van der Waals surface area contributed by atoms with Gasteiger partial charge in [-0.3, -0.25) is 0 Å². The molecule has 1 aliphatic carbocycles. The van der Waals surface area contributed by atoms with Crippen LogP contribution in [0.2, 0.25) is 5.02 Å². The minimum Gasteiger partial charge on any atom is -0.495 e. The molecule has 1 aliphatic rings. The molecule has 0 amide bonds. The second-order valence-corrected chi connectivity index (χ2v) is 5.65. The first kappa shape index (κ1) is 14.3. The Balaban J connectivity index is 2.15. The molecule has 0 radical (unpaired) electrons. The van der Waals surface area contributed by atoms with E-state index in [-0.39, 0.29) is 6.04 Å². The molecule has 1 unspecified atom stereocenters. The van der Waals surface area contributed by atoms with Crippen LogP contribution in [0.3, 0.4) is 0 Å². The van der Waals surface area contributed by atoms with Gasteiger partial charge in [-0.1, -0.05) is 11.6 Å². The zero-order valence-corrected chi connectivity index (χ0v) is 13.0. The molecule has 112 valence electrons. The van der Waals surface area contributed by atoms with Gasteiger partial charge in [0, 0.05) is 24.0 Å². The quantitative estimate of drug-likeness (QED) is 0.944. The van der Waals surface area contributed by atoms with Crippen LogP contribution in [0.1, 0.15) is 30.1 Å². The summed E-state index contributed by atoms with van der Waals surface area (Å²) in [6.45, 7) is 0. The fourth-order valence-electron chi connectivity index (χ4n) is 2.99. The maximum Gasteiger partial charge on any atom is 0.146 e. The van der Waals surface area contributed by atoms with Crippen LogP contribution in [-0.2, 0) is 6.42 Å². The van der Waals surface area contributed by atoms with Gasteiger partial charge in [0.1, 0.15) is 11.5 Å². The van der Waals surface area contributed by atoms with Gasteiger partial charge >= 0.3 is 0 Å². The largest absolute Gasteiger partial charge is 0.495 e. The summed E-state index contributed by atoms with van der Waals surface area (Å²) in [7, 11) is 3.24. The fraction of sp³-hybridized carbons (Fsp3) is 0.375. The van der Waals surface area contributed by atoms with E-state index in [1.807, 2.05) is 18.3 Å². The molecule has 4 nitrogen and oxygen atoms in total. The van der Waals surface area contributed by atoms with Gasteiger partial charge in [0.05, 0.1) is 24.9 Å². The number of aromatic nitrogens is 1. The van der Waals surface area contributed by atoms with Gasteiger partial charge in [-0.2, -0.15) is 0 Å². The van der Waals surface area contributed by atoms with E-state index in [1.54, 1.807) is 14.2 Å². The number of nitrogens with zero attached hydrogens (tertiary/aromatic N) is 1. The van der Waals surface area contributed by atoms with Gasteiger partial charge < -0.3 is 19.8 Å². The monoisotopic (exact) mass is 306 g/mol. The first-order chi connectivity index (χ1) is 10.2. The summed E-state index contributed by atoms with van der Waals surface area (Å²) in [5.74, 6) is 1.34. The lowest BCUT2D eigenvalue weighted by atomic mass is 9.93. The molecule has 0 fully saturated rings. The van der Waals surface area contributed by atoms with E-state index in [0.29, 0.717) is 10.8 Å². The molecule has 0 bridgehead atoms. The lowest BCUT2D eigenvalue weighted by Crippen LogP contribution is -2.18. The second-order valence-electron chi connectivity index (χ2n) is 5.25. The molecule has 0 spiro atoms. The van der Waals surface area contributed by atoms with E-state index in [0.717, 1.165) is 30.7 Å². The Bertz CT molecular complexity index is 667. The van der Waals surface area contributed by atoms with E-state index in [1.165, 1.54) is 11.3 Å². The Morgan fingerprint density at radius 1 is 1.24 bits per heavy atom. The molecular formula is C16H19ClN2O2. The van der Waals surface area contributed by atoms with Crippen LogP contribution in [0.5, 0.6) is 11.5 Å². The SMILES string of the molecule is COc1cc(OC)c(-n2ccc3c2CCCC3N)cc1Cl. The van der Waals surface area contributed by atoms with Crippen LogP contribution < -0.4 is 15.2 Å². The highest BCUT2D eigenvalue weighted by atomic mass is 35.5. The Labute approximate surface area is 129 Å². The highest BCUT2D eigenvalue weighted by molar-refractivity contribution is 6.32. The fourth-order valence-corrected chi connectivity index (χ4v) is 3.22. The van der Waals surface area contributed by atoms with Crippen molar-refractivity contribution in [3.05, 3.63) is 40.7 Å². The Hall–Kier alpha value is -1.65. The summed E-state index contributed by atoms with van der Waals surface area (Å²) in [6, 6.07) is 5.90. The molecular weight excluding hydrogens is 288 g/mol. The maximum absolute atomic E-state index is 6.27. The van der Waals surface area contributed by atoms with E-state index >= 15 is 0 Å². The molecule has 5 heteroatoms. The van der Waals surface area contributed by atoms with Crippen molar-refractivity contribution in [3.63, 3.8) is 0 Å². The van der Waals surface area contributed by atoms with Gasteiger partial charge in [-0.15, -0.1) is 0 Å². The standard InChI is InChI=1S/C16H19ClN2O2/c1-20-15-9-16(21-2)14(8-11(15)17)19-7-6-10-12(18)4-3-5-13(10)19/h6-9,12H,3-5,18H2,1-2H3. The van der Waals surface area contributed by atoms with Crippen molar-refractivity contribution in [1.29, 1.82) is 0 Å². The highest BCUT2D eigenvalue weighted by Crippen LogP contribution is 2.38. The van der Waals surface area contributed by atoms with Gasteiger partial charge in [-0.25, -0.2) is 0 Å². The molecule has 1 aromatic heterocycles. The van der Waals surface area contributed by atoms with E-state index in [2.05, 4.69) is 10.6 Å². The van der Waals surface area contributed by atoms with Crippen LogP contribution in [0.4, 0.5) is 0 Å². The predicted molar refractivity (Wildman–Crippen MR) is 83.7 cm³/mol. The van der Waals surface area contributed by atoms with Crippen molar-refractivity contribution in [3.8, 4) is 17.2 Å². The average Bonchev–Trinajstić information content (AvgIpc) is 2.92. The average molecular weight is 307 g/mol. The Morgan fingerprint density at radius 2 is 2.00 bits per heavy atom. The third-order valence-electron chi connectivity index (χ3n) is 4.07. The molecule has 1 heterocycles. The van der Waals surface area contributed by atoms with Crippen molar-refractivity contribution in [2.24, 2.45) is 5.73 Å². The summed E-state index contributed by atoms with van der Waals surface area (Å²) in [4.78, 5) is 0. The Morgan fingerprint density at radius 3 is 2.71 bits per heavy atom. The highest BCUT2D eigenvalue weighted by Gasteiger charge is 2.22. The number of ether oxygens (including phenoxy) is 2. The molecule has 0 saturated carbocycles. The van der Waals surface area contributed by atoms with Gasteiger partial charge in [0.2, 0.25) is 0 Å². The van der Waals surface area contributed by atoms with Crippen molar-refractivity contribution in [2.45, 2.75) is 25.3 Å². The number of methoxy groups -OCH3 is 2. The van der Waals surface area contributed by atoms with E-state index in [4.69, 9.17) is 26.8 Å². The van der Waals surface area contributed by atoms with E-state index < -0.39 is 0 Å². The van der Waals surface area contributed by atoms with E-state index in [9.17, 15) is 0 Å². The van der Waals surface area contributed by atoms with Crippen molar-refractivity contribution >= 4 is 11.6 Å². The molecule has 0 aliphatic heterocycles. The number of benzene rings is 1. The Kier molecular flexibility index (Phi) is 3.83. The molecule has 1 atom stereocenters. The van der Waals surface area contributed by atoms with Crippen LogP contribution >= 0.6 is 11.6 Å². The number of hydrogen-bond donors (Lipinski definition) is 1. The second kappa shape index (κ2) is 5.62. The topological polar surface area (TPSA) is 49.4 Å². The summed E-state index contributed by atoms with van der Waals surface area (Å²) in [5.41, 5.74) is 9.57. The third-order valence-corrected chi connectivity index (χ3v) is 4.36. The number of fused-ring (bicyclic) bond motifs is 1. The number of hydrogen-bond acceptors (Lipinski definition) is 3. The number of rotatable bonds is 3. The predicted octanol–water partition coefficient (Wildman–Crippen LogP) is 3.48. The minimum atomic E-state index is 0.120. The summed E-state index contributed by atoms with van der Waals surface area (Å²) in [5, 5.41) is 0.566. The van der Waals surface area contributed by atoms with Crippen LogP contribution in [0, 0.1) is 0 Å². The van der Waals surface area contributed by atoms with Crippen molar-refractivity contribution in [2.75, 3.05) is 14.2 Å². The molecule has 1 aromatic carbocycles. The van der Waals surface area contributed by atoms with Gasteiger partial charge in [0.25, 0.3) is 0 Å². The minimum absolute atomic E-state index is 0.120. The molecule has 3 rings (SSSR count). The summed E-state index contributed by atoms with van der Waals surface area (Å²) in [6.07, 6.45) is 5.20. The smallest absolute Gasteiger partial charge is 0.146 e. The normalized spacial score (nSPS) is 17.4. The molecule has 2 aromatic rings. The lowest BCUT2D eigenvalue weighted by Gasteiger charge is -2.22. The first-order valence-electron chi connectivity index (χ1n) is 7.03. The molecule has 21 heavy (non-hydrogen) atoms. The number of halogens is 1. The van der Waals surface area contributed by atoms with Crippen molar-refractivity contribution < 1.29 is 9.47 Å². The first-order valence-corrected chi connectivity index (χ1v) is 7.41. The lowest BCUT2D eigenvalue weighted by molar-refractivity contribution is 0.393. The van der Waals surface area contributed by atoms with Gasteiger partial charge in [0.15, 0.2) is 0 Å². The molecule has 2 N–H and O–H groups in total. The zero-order chi connectivity index (χ0) is 15.0. The third kappa shape index (κ3) is 2.39. The van der Waals surface area contributed by atoms with Crippen LogP contribution in [0.15, 0.2) is 24.4 Å². The summed E-state index contributed by atoms with van der Waals surface area (Å²) < 4.78 is 12.9. The maximum atomic E-state index is 6.27. The zero-order valence-electron chi connectivity index (χ0n) is 12.2. The van der Waals surface area contributed by atoms with Crippen LogP contribution in [-0.4, -0.2) is 18.8 Å². The van der Waals surface area contributed by atoms with Gasteiger partial charge in [-0.05, 0) is 37.0 Å². The van der Waals surface area contributed by atoms with Crippen molar-refractivity contribution in [1.82, 2.24) is 4.57 Å².